The number of hydrogen-bond donors (Lipinski definition) is 1. The molecule has 1 aliphatic heterocycles. The van der Waals surface area contributed by atoms with Gasteiger partial charge in [-0.3, -0.25) is 9.79 Å². The Morgan fingerprint density at radius 2 is 2.04 bits per heavy atom. The Balaban J connectivity index is 0.00000364. The molecule has 1 fully saturated rings. The number of halogens is 2. The van der Waals surface area contributed by atoms with Crippen LogP contribution in [0.15, 0.2) is 23.2 Å². The van der Waals surface area contributed by atoms with Crippen LogP contribution in [0.4, 0.5) is 10.1 Å². The number of carbonyl (C=O) groups is 1. The second kappa shape index (κ2) is 11.3. The molecule has 0 aliphatic carbocycles. The van der Waals surface area contributed by atoms with Gasteiger partial charge < -0.3 is 19.9 Å². The molecule has 0 saturated carbocycles. The number of rotatable bonds is 5. The van der Waals surface area contributed by atoms with Crippen molar-refractivity contribution in [1.82, 2.24) is 10.2 Å². The van der Waals surface area contributed by atoms with E-state index in [0.717, 1.165) is 37.5 Å². The van der Waals surface area contributed by atoms with E-state index in [1.54, 1.807) is 24.1 Å². The van der Waals surface area contributed by atoms with Crippen molar-refractivity contribution in [1.29, 1.82) is 0 Å². The number of nitrogens with zero attached hydrogens (tertiary/aromatic N) is 3. The summed E-state index contributed by atoms with van der Waals surface area (Å²) in [4.78, 5) is 20.0. The molecule has 0 bridgehead atoms. The van der Waals surface area contributed by atoms with Crippen LogP contribution in [0.3, 0.4) is 0 Å². The highest BCUT2D eigenvalue weighted by atomic mass is 127. The number of ether oxygens (including phenoxy) is 1. The molecule has 0 aromatic heterocycles. The van der Waals surface area contributed by atoms with Gasteiger partial charge in [0.05, 0.1) is 18.2 Å². The molecule has 152 valence electrons. The SMILES string of the molecule is CCOC(=O)C1CCN(C(=NC)NCc2ccc(N(C)C)c(F)c2)CC1.I. The molecule has 1 aromatic rings. The second-order valence-electron chi connectivity index (χ2n) is 6.59. The molecule has 0 radical (unpaired) electrons. The van der Waals surface area contributed by atoms with Gasteiger partial charge in [-0.25, -0.2) is 4.39 Å². The van der Waals surface area contributed by atoms with Gasteiger partial charge in [0.25, 0.3) is 0 Å². The Morgan fingerprint density at radius 3 is 2.56 bits per heavy atom. The highest BCUT2D eigenvalue weighted by molar-refractivity contribution is 14.0. The zero-order valence-electron chi connectivity index (χ0n) is 16.5. The second-order valence-corrected chi connectivity index (χ2v) is 6.59. The minimum atomic E-state index is -0.237. The largest absolute Gasteiger partial charge is 0.466 e. The number of benzene rings is 1. The van der Waals surface area contributed by atoms with Crippen LogP contribution in [0.2, 0.25) is 0 Å². The van der Waals surface area contributed by atoms with Gasteiger partial charge in [0.1, 0.15) is 5.82 Å². The van der Waals surface area contributed by atoms with Crippen LogP contribution in [0, 0.1) is 11.7 Å². The maximum Gasteiger partial charge on any atom is 0.309 e. The monoisotopic (exact) mass is 492 g/mol. The molecule has 1 heterocycles. The van der Waals surface area contributed by atoms with Crippen LogP contribution in [0.5, 0.6) is 0 Å². The van der Waals surface area contributed by atoms with Crippen LogP contribution in [0.1, 0.15) is 25.3 Å². The molecule has 0 atom stereocenters. The first-order valence-corrected chi connectivity index (χ1v) is 9.04. The van der Waals surface area contributed by atoms with Gasteiger partial charge in [-0.05, 0) is 37.5 Å². The number of carbonyl (C=O) groups excluding carboxylic acids is 1. The number of piperidine rings is 1. The topological polar surface area (TPSA) is 57.2 Å². The summed E-state index contributed by atoms with van der Waals surface area (Å²) >= 11 is 0. The summed E-state index contributed by atoms with van der Waals surface area (Å²) in [6.07, 6.45) is 1.51. The first-order valence-electron chi connectivity index (χ1n) is 9.04. The molecule has 0 spiro atoms. The zero-order valence-corrected chi connectivity index (χ0v) is 18.8. The molecule has 1 aromatic carbocycles. The quantitative estimate of drug-likeness (QED) is 0.297. The van der Waals surface area contributed by atoms with Crippen molar-refractivity contribution in [3.05, 3.63) is 29.6 Å². The average Bonchev–Trinajstić information content (AvgIpc) is 2.62. The fourth-order valence-corrected chi connectivity index (χ4v) is 3.12. The predicted molar refractivity (Wildman–Crippen MR) is 117 cm³/mol. The van der Waals surface area contributed by atoms with Crippen molar-refractivity contribution in [3.63, 3.8) is 0 Å². The molecule has 2 rings (SSSR count). The van der Waals surface area contributed by atoms with E-state index in [2.05, 4.69) is 15.2 Å². The maximum absolute atomic E-state index is 14.1. The summed E-state index contributed by atoms with van der Waals surface area (Å²) < 4.78 is 19.2. The van der Waals surface area contributed by atoms with E-state index in [4.69, 9.17) is 4.74 Å². The Hall–Kier alpha value is -1.58. The normalized spacial score (nSPS) is 15.1. The van der Waals surface area contributed by atoms with Crippen molar-refractivity contribution >= 4 is 41.6 Å². The van der Waals surface area contributed by atoms with E-state index in [1.807, 2.05) is 27.1 Å². The van der Waals surface area contributed by atoms with Gasteiger partial charge in [0, 0.05) is 40.8 Å². The minimum absolute atomic E-state index is 0. The number of anilines is 1. The Morgan fingerprint density at radius 1 is 1.37 bits per heavy atom. The zero-order chi connectivity index (χ0) is 19.1. The van der Waals surface area contributed by atoms with Gasteiger partial charge in [-0.15, -0.1) is 24.0 Å². The minimum Gasteiger partial charge on any atom is -0.466 e. The molecular weight excluding hydrogens is 462 g/mol. The lowest BCUT2D eigenvalue weighted by Gasteiger charge is -2.33. The summed E-state index contributed by atoms with van der Waals surface area (Å²) in [6.45, 7) is 4.24. The van der Waals surface area contributed by atoms with Crippen LogP contribution >= 0.6 is 24.0 Å². The lowest BCUT2D eigenvalue weighted by atomic mass is 9.97. The molecule has 27 heavy (non-hydrogen) atoms. The fourth-order valence-electron chi connectivity index (χ4n) is 3.12. The molecular formula is C19H30FIN4O2. The highest BCUT2D eigenvalue weighted by Gasteiger charge is 2.27. The van der Waals surface area contributed by atoms with Gasteiger partial charge >= 0.3 is 5.97 Å². The number of hydrogen-bond acceptors (Lipinski definition) is 4. The summed E-state index contributed by atoms with van der Waals surface area (Å²) in [6, 6.07) is 5.23. The number of esters is 1. The number of nitrogens with one attached hydrogen (secondary N) is 1. The van der Waals surface area contributed by atoms with Gasteiger partial charge in [0.2, 0.25) is 0 Å². The van der Waals surface area contributed by atoms with Crippen molar-refractivity contribution < 1.29 is 13.9 Å². The van der Waals surface area contributed by atoms with Crippen molar-refractivity contribution in [2.24, 2.45) is 10.9 Å². The average molecular weight is 492 g/mol. The number of aliphatic imine (C=N–C) groups is 1. The smallest absolute Gasteiger partial charge is 0.309 e. The van der Waals surface area contributed by atoms with E-state index >= 15 is 0 Å². The van der Waals surface area contributed by atoms with Gasteiger partial charge in [-0.1, -0.05) is 6.07 Å². The Bertz CT molecular complexity index is 647. The first kappa shape index (κ1) is 23.5. The van der Waals surface area contributed by atoms with Crippen molar-refractivity contribution in [2.75, 3.05) is 45.7 Å². The number of likely N-dealkylation sites (tertiary alicyclic amines) is 1. The van der Waals surface area contributed by atoms with E-state index in [1.165, 1.54) is 0 Å². The molecule has 0 amide bonds. The Kier molecular flexibility index (Phi) is 9.82. The van der Waals surface area contributed by atoms with Crippen LogP contribution < -0.4 is 10.2 Å². The Labute approximate surface area is 178 Å². The highest BCUT2D eigenvalue weighted by Crippen LogP contribution is 2.20. The molecule has 1 aliphatic rings. The lowest BCUT2D eigenvalue weighted by Crippen LogP contribution is -2.46. The third-order valence-electron chi connectivity index (χ3n) is 4.57. The van der Waals surface area contributed by atoms with E-state index in [0.29, 0.717) is 18.8 Å². The fraction of sp³-hybridized carbons (Fsp3) is 0.579. The molecule has 0 unspecified atom stereocenters. The van der Waals surface area contributed by atoms with Crippen molar-refractivity contribution in [2.45, 2.75) is 26.3 Å². The molecule has 6 nitrogen and oxygen atoms in total. The predicted octanol–water partition coefficient (Wildman–Crippen LogP) is 2.86. The lowest BCUT2D eigenvalue weighted by molar-refractivity contribution is -0.149. The summed E-state index contributed by atoms with van der Waals surface area (Å²) in [5.74, 6) is 0.396. The molecule has 1 saturated heterocycles. The molecule has 1 N–H and O–H groups in total. The summed E-state index contributed by atoms with van der Waals surface area (Å²) in [7, 11) is 5.37. The number of guanidine groups is 1. The molecule has 8 heteroatoms. The van der Waals surface area contributed by atoms with E-state index in [9.17, 15) is 9.18 Å². The van der Waals surface area contributed by atoms with Gasteiger partial charge in [0.15, 0.2) is 5.96 Å². The van der Waals surface area contributed by atoms with E-state index in [-0.39, 0.29) is 41.7 Å². The third kappa shape index (κ3) is 6.51. The van der Waals surface area contributed by atoms with Gasteiger partial charge in [-0.2, -0.15) is 0 Å². The first-order chi connectivity index (χ1) is 12.5. The van der Waals surface area contributed by atoms with Crippen LogP contribution in [-0.4, -0.2) is 57.7 Å². The van der Waals surface area contributed by atoms with Crippen LogP contribution in [-0.2, 0) is 16.1 Å². The van der Waals surface area contributed by atoms with Crippen LogP contribution in [0.25, 0.3) is 0 Å². The third-order valence-corrected chi connectivity index (χ3v) is 4.57. The summed E-state index contributed by atoms with van der Waals surface area (Å²) in [5, 5.41) is 3.28. The summed E-state index contributed by atoms with van der Waals surface area (Å²) in [5.41, 5.74) is 1.43. The maximum atomic E-state index is 14.1. The van der Waals surface area contributed by atoms with E-state index < -0.39 is 0 Å². The van der Waals surface area contributed by atoms with Crippen molar-refractivity contribution in [3.8, 4) is 0 Å². The standard InChI is InChI=1S/C19H29FN4O2.HI/c1-5-26-18(25)15-8-10-24(11-9-15)19(21-2)22-13-14-6-7-17(23(3)4)16(20)12-14;/h6-7,12,15H,5,8-11,13H2,1-4H3,(H,21,22);1H.